The average molecular weight is 507 g/mol. The molecule has 0 fully saturated rings. The van der Waals surface area contributed by atoms with Gasteiger partial charge in [-0.05, 0) is 22.8 Å². The van der Waals surface area contributed by atoms with Crippen LogP contribution in [0.4, 0.5) is 5.69 Å². The van der Waals surface area contributed by atoms with Crippen LogP contribution in [0.25, 0.3) is 45.3 Å². The molecule has 0 atom stereocenters. The van der Waals surface area contributed by atoms with Gasteiger partial charge >= 0.3 is 0 Å². The first-order chi connectivity index (χ1) is 18.8. The third kappa shape index (κ3) is 5.19. The molecular weight excluding hydrogens is 480 g/mol. The van der Waals surface area contributed by atoms with E-state index in [-0.39, 0.29) is 0 Å². The zero-order valence-electron chi connectivity index (χ0n) is 20.8. The van der Waals surface area contributed by atoms with Crippen molar-refractivity contribution in [3.8, 4) is 33.5 Å². The van der Waals surface area contributed by atoms with Crippen molar-refractivity contribution in [2.75, 3.05) is 5.32 Å². The van der Waals surface area contributed by atoms with Crippen LogP contribution in [0.1, 0.15) is 10.6 Å². The van der Waals surface area contributed by atoms with E-state index in [1.807, 2.05) is 24.3 Å². The Labute approximate surface area is 227 Å². The van der Waals surface area contributed by atoms with Crippen LogP contribution in [-0.4, -0.2) is 4.98 Å². The minimum Gasteiger partial charge on any atom is -0.354 e. The van der Waals surface area contributed by atoms with Crippen molar-refractivity contribution in [2.24, 2.45) is 0 Å². The maximum Gasteiger partial charge on any atom is 0.118 e. The van der Waals surface area contributed by atoms with Crippen molar-refractivity contribution < 1.29 is 0 Å². The number of anilines is 1. The number of aromatic nitrogens is 1. The molecule has 0 bridgehead atoms. The lowest BCUT2D eigenvalue weighted by atomic mass is 9.95. The SMILES string of the molecule is C(=C(Nc1c(-c2ccccc2)cccc1-c1ccccc1)c1ccccc1)c1nc(-c2ccccc2)cs1. The summed E-state index contributed by atoms with van der Waals surface area (Å²) in [6, 6.07) is 48.4. The van der Waals surface area contributed by atoms with Gasteiger partial charge in [0.1, 0.15) is 5.01 Å². The molecule has 5 aromatic carbocycles. The molecule has 0 unspecified atom stereocenters. The maximum absolute atomic E-state index is 4.95. The summed E-state index contributed by atoms with van der Waals surface area (Å²) in [7, 11) is 0. The highest BCUT2D eigenvalue weighted by Crippen LogP contribution is 2.39. The molecule has 3 heteroatoms. The second-order valence-corrected chi connectivity index (χ2v) is 9.84. The second kappa shape index (κ2) is 11.1. The Kier molecular flexibility index (Phi) is 6.92. The Hall–Kier alpha value is -4.73. The molecule has 0 saturated heterocycles. The quantitative estimate of drug-likeness (QED) is 0.233. The lowest BCUT2D eigenvalue weighted by molar-refractivity contribution is 1.38. The summed E-state index contributed by atoms with van der Waals surface area (Å²) in [6.45, 7) is 0. The number of para-hydroxylation sites is 1. The number of benzene rings is 5. The van der Waals surface area contributed by atoms with E-state index in [4.69, 9.17) is 4.98 Å². The Bertz CT molecular complexity index is 1600. The maximum atomic E-state index is 4.95. The molecule has 0 aliphatic heterocycles. The molecule has 0 radical (unpaired) electrons. The summed E-state index contributed by atoms with van der Waals surface area (Å²) in [5.41, 5.74) is 9.92. The minimum absolute atomic E-state index is 0.952. The Morgan fingerprint density at radius 1 is 0.553 bits per heavy atom. The summed E-state index contributed by atoms with van der Waals surface area (Å²) in [5.74, 6) is 0. The van der Waals surface area contributed by atoms with Crippen LogP contribution in [-0.2, 0) is 0 Å². The molecule has 0 amide bonds. The van der Waals surface area contributed by atoms with Gasteiger partial charge in [-0.2, -0.15) is 0 Å². The Morgan fingerprint density at radius 3 is 1.61 bits per heavy atom. The van der Waals surface area contributed by atoms with Crippen molar-refractivity contribution in [1.82, 2.24) is 4.98 Å². The van der Waals surface area contributed by atoms with Crippen LogP contribution in [0.5, 0.6) is 0 Å². The third-order valence-corrected chi connectivity index (χ3v) is 7.23. The molecule has 6 aromatic rings. The summed E-state index contributed by atoms with van der Waals surface area (Å²) in [6.07, 6.45) is 2.16. The Morgan fingerprint density at radius 2 is 1.05 bits per heavy atom. The molecule has 1 N–H and O–H groups in total. The van der Waals surface area contributed by atoms with Crippen molar-refractivity contribution in [3.63, 3.8) is 0 Å². The molecule has 0 saturated carbocycles. The van der Waals surface area contributed by atoms with E-state index in [2.05, 4.69) is 132 Å². The van der Waals surface area contributed by atoms with Crippen LogP contribution in [0.3, 0.4) is 0 Å². The molecule has 2 nitrogen and oxygen atoms in total. The van der Waals surface area contributed by atoms with Crippen LogP contribution >= 0.6 is 11.3 Å². The van der Waals surface area contributed by atoms with Gasteiger partial charge < -0.3 is 5.32 Å². The van der Waals surface area contributed by atoms with Crippen LogP contribution < -0.4 is 5.32 Å². The summed E-state index contributed by atoms with van der Waals surface area (Å²) < 4.78 is 0. The van der Waals surface area contributed by atoms with E-state index < -0.39 is 0 Å². The summed E-state index contributed by atoms with van der Waals surface area (Å²) in [5, 5.41) is 6.93. The smallest absolute Gasteiger partial charge is 0.118 e. The lowest BCUT2D eigenvalue weighted by Gasteiger charge is -2.20. The predicted molar refractivity (Wildman–Crippen MR) is 163 cm³/mol. The van der Waals surface area contributed by atoms with Crippen LogP contribution in [0.15, 0.2) is 145 Å². The largest absolute Gasteiger partial charge is 0.354 e. The molecule has 0 aliphatic carbocycles. The first-order valence-electron chi connectivity index (χ1n) is 12.6. The van der Waals surface area contributed by atoms with Crippen molar-refractivity contribution in [2.45, 2.75) is 0 Å². The highest BCUT2D eigenvalue weighted by atomic mass is 32.1. The molecule has 6 rings (SSSR count). The molecule has 1 heterocycles. The van der Waals surface area contributed by atoms with Gasteiger partial charge in [0.15, 0.2) is 0 Å². The van der Waals surface area contributed by atoms with Crippen LogP contribution in [0.2, 0.25) is 0 Å². The zero-order valence-corrected chi connectivity index (χ0v) is 21.6. The number of rotatable bonds is 7. The minimum atomic E-state index is 0.952. The van der Waals surface area contributed by atoms with Gasteiger partial charge in [-0.25, -0.2) is 4.98 Å². The van der Waals surface area contributed by atoms with E-state index in [1.165, 1.54) is 11.1 Å². The van der Waals surface area contributed by atoms with E-state index in [9.17, 15) is 0 Å². The number of hydrogen-bond acceptors (Lipinski definition) is 3. The zero-order chi connectivity index (χ0) is 25.6. The van der Waals surface area contributed by atoms with Gasteiger partial charge in [-0.3, -0.25) is 0 Å². The molecular formula is C35H26N2S. The van der Waals surface area contributed by atoms with Gasteiger partial charge in [-0.1, -0.05) is 140 Å². The van der Waals surface area contributed by atoms with Crippen LogP contribution in [0, 0.1) is 0 Å². The van der Waals surface area contributed by atoms with Crippen molar-refractivity contribution >= 4 is 28.8 Å². The number of nitrogens with zero attached hydrogens (tertiary/aromatic N) is 1. The summed E-state index contributed by atoms with van der Waals surface area (Å²) in [4.78, 5) is 4.95. The summed E-state index contributed by atoms with van der Waals surface area (Å²) >= 11 is 1.65. The monoisotopic (exact) mass is 506 g/mol. The number of thiazole rings is 1. The number of nitrogens with one attached hydrogen (secondary N) is 1. The first kappa shape index (κ1) is 23.7. The number of hydrogen-bond donors (Lipinski definition) is 1. The van der Waals surface area contributed by atoms with Crippen molar-refractivity contribution in [3.05, 3.63) is 155 Å². The average Bonchev–Trinajstić information content (AvgIpc) is 3.47. The van der Waals surface area contributed by atoms with Crippen molar-refractivity contribution in [1.29, 1.82) is 0 Å². The van der Waals surface area contributed by atoms with E-state index in [1.54, 1.807) is 11.3 Å². The van der Waals surface area contributed by atoms with Gasteiger partial charge in [0, 0.05) is 27.8 Å². The van der Waals surface area contributed by atoms with E-state index >= 15 is 0 Å². The van der Waals surface area contributed by atoms with Gasteiger partial charge in [0.05, 0.1) is 11.4 Å². The van der Waals surface area contributed by atoms with E-state index in [0.29, 0.717) is 0 Å². The third-order valence-electron chi connectivity index (χ3n) is 6.44. The van der Waals surface area contributed by atoms with Gasteiger partial charge in [0.25, 0.3) is 0 Å². The molecule has 182 valence electrons. The fourth-order valence-corrected chi connectivity index (χ4v) is 5.32. The molecule has 1 aromatic heterocycles. The fraction of sp³-hybridized carbons (Fsp3) is 0. The molecule has 0 spiro atoms. The lowest BCUT2D eigenvalue weighted by Crippen LogP contribution is -2.02. The van der Waals surface area contributed by atoms with E-state index in [0.717, 1.165) is 44.3 Å². The first-order valence-corrected chi connectivity index (χ1v) is 13.5. The van der Waals surface area contributed by atoms with Gasteiger partial charge in [0.2, 0.25) is 0 Å². The highest BCUT2D eigenvalue weighted by molar-refractivity contribution is 7.10. The Balaban J connectivity index is 1.49. The molecule has 38 heavy (non-hydrogen) atoms. The topological polar surface area (TPSA) is 24.9 Å². The highest BCUT2D eigenvalue weighted by Gasteiger charge is 2.15. The fourth-order valence-electron chi connectivity index (χ4n) is 4.57. The predicted octanol–water partition coefficient (Wildman–Crippen LogP) is 9.75. The normalized spacial score (nSPS) is 11.3. The standard InChI is InChI=1S/C35H26N2S/c1-5-14-26(15-6-1)30-22-13-23-31(27-16-7-2-8-17-27)35(30)37-32(28-18-9-3-10-19-28)24-34-36-33(25-38-34)29-20-11-4-12-21-29/h1-25,37H. The molecule has 0 aliphatic rings. The second-order valence-electron chi connectivity index (χ2n) is 8.95. The van der Waals surface area contributed by atoms with Gasteiger partial charge in [-0.15, -0.1) is 11.3 Å².